The Bertz CT molecular complexity index is 1060. The van der Waals surface area contributed by atoms with Gasteiger partial charge in [0.05, 0.1) is 4.88 Å². The summed E-state index contributed by atoms with van der Waals surface area (Å²) in [5, 5.41) is 20.2. The predicted molar refractivity (Wildman–Crippen MR) is 100 cm³/mol. The van der Waals surface area contributed by atoms with Gasteiger partial charge < -0.3 is 10.2 Å². The molecule has 0 aliphatic rings. The highest BCUT2D eigenvalue weighted by atomic mass is 32.1. The van der Waals surface area contributed by atoms with Gasteiger partial charge in [-0.25, -0.2) is 0 Å². The fourth-order valence-corrected chi connectivity index (χ4v) is 4.10. The van der Waals surface area contributed by atoms with E-state index < -0.39 is 0 Å². The van der Waals surface area contributed by atoms with Gasteiger partial charge in [0.1, 0.15) is 11.5 Å². The number of carbonyl (C=O) groups is 1. The molecule has 0 amide bonds. The van der Waals surface area contributed by atoms with Crippen molar-refractivity contribution in [1.29, 1.82) is 0 Å². The highest BCUT2D eigenvalue weighted by Crippen LogP contribution is 2.41. The van der Waals surface area contributed by atoms with Crippen molar-refractivity contribution in [2.45, 2.75) is 0 Å². The number of thiophene rings is 1. The van der Waals surface area contributed by atoms with Crippen LogP contribution in [0.25, 0.3) is 21.2 Å². The summed E-state index contributed by atoms with van der Waals surface area (Å²) >= 11 is 1.37. The molecule has 0 aliphatic carbocycles. The van der Waals surface area contributed by atoms with E-state index in [4.69, 9.17) is 0 Å². The summed E-state index contributed by atoms with van der Waals surface area (Å²) in [4.78, 5) is 13.7. The summed E-state index contributed by atoms with van der Waals surface area (Å²) in [5.41, 5.74) is 2.35. The third kappa shape index (κ3) is 2.77. The third-order valence-corrected chi connectivity index (χ3v) is 5.22. The van der Waals surface area contributed by atoms with Crippen LogP contribution >= 0.6 is 11.3 Å². The van der Waals surface area contributed by atoms with Gasteiger partial charge in [0, 0.05) is 21.2 Å². The van der Waals surface area contributed by atoms with Gasteiger partial charge in [-0.2, -0.15) is 0 Å². The minimum Gasteiger partial charge on any atom is -0.508 e. The third-order valence-electron chi connectivity index (χ3n) is 4.07. The minimum atomic E-state index is -0.0976. The first-order valence-corrected chi connectivity index (χ1v) is 8.60. The molecule has 0 saturated heterocycles. The summed E-state index contributed by atoms with van der Waals surface area (Å²) in [6, 6.07) is 21.2. The lowest BCUT2D eigenvalue weighted by molar-refractivity contribution is 0.104. The van der Waals surface area contributed by atoms with Gasteiger partial charge in [-0.05, 0) is 48.0 Å². The van der Waals surface area contributed by atoms with Crippen LogP contribution in [0.4, 0.5) is 0 Å². The standard InChI is InChI=1S/C21H14O3S/c22-15-8-6-14(7-9-15)20(24)21-19(13-4-2-1-3-5-13)17-11-10-16(23)12-18(17)25-21/h1-12,22-23H. The lowest BCUT2D eigenvalue weighted by Crippen LogP contribution is -2.00. The molecule has 1 heterocycles. The number of rotatable bonds is 3. The number of benzene rings is 3. The van der Waals surface area contributed by atoms with Crippen LogP contribution in [0.5, 0.6) is 11.5 Å². The molecule has 2 N–H and O–H groups in total. The molecule has 122 valence electrons. The average Bonchev–Trinajstić information content (AvgIpc) is 3.01. The van der Waals surface area contributed by atoms with Crippen molar-refractivity contribution in [3.8, 4) is 22.6 Å². The number of fused-ring (bicyclic) bond motifs is 1. The van der Waals surface area contributed by atoms with Gasteiger partial charge in [-0.1, -0.05) is 30.3 Å². The molecule has 3 nitrogen and oxygen atoms in total. The minimum absolute atomic E-state index is 0.0976. The Hall–Kier alpha value is -3.11. The molecule has 0 spiro atoms. The van der Waals surface area contributed by atoms with E-state index in [1.807, 2.05) is 36.4 Å². The number of hydrogen-bond acceptors (Lipinski definition) is 4. The number of phenolic OH excluding ortho intramolecular Hbond substituents is 2. The summed E-state index contributed by atoms with van der Waals surface area (Å²) in [6.07, 6.45) is 0. The fraction of sp³-hybridized carbons (Fsp3) is 0. The predicted octanol–water partition coefficient (Wildman–Crippen LogP) is 5.21. The first kappa shape index (κ1) is 15.4. The Labute approximate surface area is 148 Å². The van der Waals surface area contributed by atoms with E-state index in [2.05, 4.69) is 0 Å². The van der Waals surface area contributed by atoms with E-state index in [0.29, 0.717) is 10.4 Å². The van der Waals surface area contributed by atoms with Gasteiger partial charge >= 0.3 is 0 Å². The summed E-state index contributed by atoms with van der Waals surface area (Å²) in [5.74, 6) is 0.206. The van der Waals surface area contributed by atoms with Crippen LogP contribution in [-0.2, 0) is 0 Å². The van der Waals surface area contributed by atoms with Crippen molar-refractivity contribution in [2.75, 3.05) is 0 Å². The Balaban J connectivity index is 1.96. The van der Waals surface area contributed by atoms with Crippen LogP contribution in [0.1, 0.15) is 15.2 Å². The molecule has 0 atom stereocenters. The van der Waals surface area contributed by atoms with Crippen LogP contribution < -0.4 is 0 Å². The molecule has 0 fully saturated rings. The molecule has 1 aromatic heterocycles. The first-order chi connectivity index (χ1) is 12.1. The molecule has 3 aromatic carbocycles. The van der Waals surface area contributed by atoms with Crippen molar-refractivity contribution in [3.05, 3.63) is 83.2 Å². The van der Waals surface area contributed by atoms with E-state index in [9.17, 15) is 15.0 Å². The van der Waals surface area contributed by atoms with Crippen LogP contribution in [0.3, 0.4) is 0 Å². The second-order valence-corrected chi connectivity index (χ2v) is 6.78. The highest BCUT2D eigenvalue weighted by molar-refractivity contribution is 7.21. The Morgan fingerprint density at radius 3 is 2.20 bits per heavy atom. The number of carbonyl (C=O) groups excluding carboxylic acids is 1. The summed E-state index contributed by atoms with van der Waals surface area (Å²) < 4.78 is 0.862. The first-order valence-electron chi connectivity index (χ1n) is 7.78. The number of aromatic hydroxyl groups is 2. The van der Waals surface area contributed by atoms with Crippen molar-refractivity contribution in [3.63, 3.8) is 0 Å². The van der Waals surface area contributed by atoms with E-state index in [0.717, 1.165) is 21.2 Å². The molecule has 25 heavy (non-hydrogen) atoms. The van der Waals surface area contributed by atoms with E-state index in [1.54, 1.807) is 24.3 Å². The number of hydrogen-bond donors (Lipinski definition) is 2. The van der Waals surface area contributed by atoms with Gasteiger partial charge in [0.25, 0.3) is 0 Å². The topological polar surface area (TPSA) is 57.5 Å². The Morgan fingerprint density at radius 2 is 1.48 bits per heavy atom. The second-order valence-electron chi connectivity index (χ2n) is 5.73. The average molecular weight is 346 g/mol. The maximum absolute atomic E-state index is 13.1. The molecule has 4 rings (SSSR count). The Kier molecular flexibility index (Phi) is 3.75. The largest absolute Gasteiger partial charge is 0.508 e. The zero-order valence-electron chi connectivity index (χ0n) is 13.1. The quantitative estimate of drug-likeness (QED) is 0.501. The van der Waals surface area contributed by atoms with E-state index >= 15 is 0 Å². The van der Waals surface area contributed by atoms with Gasteiger partial charge in [-0.15, -0.1) is 11.3 Å². The maximum Gasteiger partial charge on any atom is 0.203 e. The van der Waals surface area contributed by atoms with Crippen LogP contribution in [0.15, 0.2) is 72.8 Å². The van der Waals surface area contributed by atoms with Gasteiger partial charge in [0.15, 0.2) is 0 Å². The smallest absolute Gasteiger partial charge is 0.203 e. The molecule has 0 saturated carbocycles. The molecule has 0 bridgehead atoms. The second kappa shape index (κ2) is 6.07. The van der Waals surface area contributed by atoms with E-state index in [1.165, 1.54) is 23.5 Å². The fourth-order valence-electron chi connectivity index (χ4n) is 2.88. The van der Waals surface area contributed by atoms with Crippen molar-refractivity contribution in [2.24, 2.45) is 0 Å². The normalized spacial score (nSPS) is 10.9. The summed E-state index contributed by atoms with van der Waals surface area (Å²) in [7, 11) is 0. The van der Waals surface area contributed by atoms with E-state index in [-0.39, 0.29) is 17.3 Å². The molecule has 0 unspecified atom stereocenters. The highest BCUT2D eigenvalue weighted by Gasteiger charge is 2.21. The lowest BCUT2D eigenvalue weighted by Gasteiger charge is -2.05. The summed E-state index contributed by atoms with van der Waals surface area (Å²) in [6.45, 7) is 0. The SMILES string of the molecule is O=C(c1ccc(O)cc1)c1sc2cc(O)ccc2c1-c1ccccc1. The molecule has 0 aliphatic heterocycles. The monoisotopic (exact) mass is 346 g/mol. The number of ketones is 1. The van der Waals surface area contributed by atoms with Crippen LogP contribution in [0.2, 0.25) is 0 Å². The molecular formula is C21H14O3S. The van der Waals surface area contributed by atoms with Crippen molar-refractivity contribution in [1.82, 2.24) is 0 Å². The Morgan fingerprint density at radius 1 is 0.800 bits per heavy atom. The van der Waals surface area contributed by atoms with Crippen LogP contribution in [-0.4, -0.2) is 16.0 Å². The van der Waals surface area contributed by atoms with Gasteiger partial charge in [-0.3, -0.25) is 4.79 Å². The van der Waals surface area contributed by atoms with Gasteiger partial charge in [0.2, 0.25) is 5.78 Å². The lowest BCUT2D eigenvalue weighted by atomic mass is 9.98. The van der Waals surface area contributed by atoms with Crippen LogP contribution in [0, 0.1) is 0 Å². The molecule has 0 radical (unpaired) electrons. The molecule has 4 aromatic rings. The van der Waals surface area contributed by atoms with Crippen molar-refractivity contribution < 1.29 is 15.0 Å². The molecule has 4 heteroatoms. The maximum atomic E-state index is 13.1. The van der Waals surface area contributed by atoms with Crippen molar-refractivity contribution >= 4 is 27.2 Å². The zero-order chi connectivity index (χ0) is 17.4. The zero-order valence-corrected chi connectivity index (χ0v) is 14.0. The molecular weight excluding hydrogens is 332 g/mol. The number of phenols is 2.